The third-order valence-corrected chi connectivity index (χ3v) is 5.23. The molecule has 1 saturated carbocycles. The first kappa shape index (κ1) is 17.2. The first-order valence-corrected chi connectivity index (χ1v) is 8.73. The van der Waals surface area contributed by atoms with Crippen LogP contribution in [0.4, 0.5) is 0 Å². The van der Waals surface area contributed by atoms with Crippen molar-refractivity contribution in [1.82, 2.24) is 10.2 Å². The van der Waals surface area contributed by atoms with Crippen LogP contribution in [0.5, 0.6) is 0 Å². The molecule has 1 atom stereocenters. The number of nitrogens with one attached hydrogen (secondary N) is 1. The van der Waals surface area contributed by atoms with Crippen molar-refractivity contribution in [3.63, 3.8) is 0 Å². The number of rotatable bonds is 10. The lowest BCUT2D eigenvalue weighted by molar-refractivity contribution is -0.0153. The molecule has 0 aromatic heterocycles. The number of hydrogen-bond acceptors (Lipinski definition) is 4. The van der Waals surface area contributed by atoms with Gasteiger partial charge in [0, 0.05) is 52.0 Å². The lowest BCUT2D eigenvalue weighted by atomic mass is 9.79. The summed E-state index contributed by atoms with van der Waals surface area (Å²) in [6.45, 7) is 10.7. The van der Waals surface area contributed by atoms with E-state index in [9.17, 15) is 0 Å². The fraction of sp³-hybridized carbons (Fsp3) is 1.00. The first-order chi connectivity index (χ1) is 10.2. The Morgan fingerprint density at radius 2 is 2.05 bits per heavy atom. The smallest absolute Gasteiger partial charge is 0.0589 e. The Hall–Kier alpha value is -0.160. The Kier molecular flexibility index (Phi) is 6.93. The minimum Gasteiger partial charge on any atom is -0.383 e. The third kappa shape index (κ3) is 5.51. The molecule has 0 radical (unpaired) electrons. The monoisotopic (exact) mass is 298 g/mol. The van der Waals surface area contributed by atoms with E-state index in [0.717, 1.165) is 39.0 Å². The van der Waals surface area contributed by atoms with Crippen molar-refractivity contribution >= 4 is 0 Å². The zero-order chi connectivity index (χ0) is 15.1. The highest BCUT2D eigenvalue weighted by molar-refractivity contribution is 4.91. The van der Waals surface area contributed by atoms with E-state index in [4.69, 9.17) is 9.47 Å². The molecule has 0 aromatic carbocycles. The molecule has 0 aromatic rings. The van der Waals surface area contributed by atoms with Crippen LogP contribution in [0.1, 0.15) is 46.0 Å². The molecule has 1 N–H and O–H groups in total. The standard InChI is InChI=1S/C17H34N2O2/c1-4-15(2)19(9-12-20-3)14-17(7-10-21-11-8-17)13-18-16-5-6-16/h15-16,18H,4-14H2,1-3H3. The second-order valence-corrected chi connectivity index (χ2v) is 6.99. The largest absolute Gasteiger partial charge is 0.383 e. The maximum absolute atomic E-state index is 5.63. The van der Waals surface area contributed by atoms with Gasteiger partial charge in [-0.3, -0.25) is 4.90 Å². The van der Waals surface area contributed by atoms with Crippen molar-refractivity contribution in [3.8, 4) is 0 Å². The fourth-order valence-electron chi connectivity index (χ4n) is 3.20. The zero-order valence-electron chi connectivity index (χ0n) is 14.2. The van der Waals surface area contributed by atoms with Gasteiger partial charge in [-0.2, -0.15) is 0 Å². The van der Waals surface area contributed by atoms with Gasteiger partial charge in [0.25, 0.3) is 0 Å². The molecule has 0 spiro atoms. The molecular weight excluding hydrogens is 264 g/mol. The van der Waals surface area contributed by atoms with E-state index in [0.29, 0.717) is 11.5 Å². The molecule has 1 aliphatic carbocycles. The van der Waals surface area contributed by atoms with E-state index >= 15 is 0 Å². The SMILES string of the molecule is CCC(C)N(CCOC)CC1(CNC2CC2)CCOCC1. The first-order valence-electron chi connectivity index (χ1n) is 8.73. The molecule has 2 rings (SSSR count). The van der Waals surface area contributed by atoms with Crippen LogP contribution in [0.3, 0.4) is 0 Å². The second-order valence-electron chi connectivity index (χ2n) is 6.99. The fourth-order valence-corrected chi connectivity index (χ4v) is 3.20. The summed E-state index contributed by atoms with van der Waals surface area (Å²) >= 11 is 0. The highest BCUT2D eigenvalue weighted by Gasteiger charge is 2.36. The number of methoxy groups -OCH3 is 1. The molecule has 1 aliphatic heterocycles. The van der Waals surface area contributed by atoms with Gasteiger partial charge in [0.1, 0.15) is 0 Å². The number of hydrogen-bond donors (Lipinski definition) is 1. The van der Waals surface area contributed by atoms with E-state index in [-0.39, 0.29) is 0 Å². The van der Waals surface area contributed by atoms with Crippen LogP contribution in [-0.4, -0.2) is 63.5 Å². The van der Waals surface area contributed by atoms with Crippen LogP contribution in [0.15, 0.2) is 0 Å². The number of nitrogens with zero attached hydrogens (tertiary/aromatic N) is 1. The quantitative estimate of drug-likeness (QED) is 0.671. The van der Waals surface area contributed by atoms with Crippen molar-refractivity contribution in [2.24, 2.45) is 5.41 Å². The van der Waals surface area contributed by atoms with Gasteiger partial charge in [0.05, 0.1) is 6.61 Å². The summed E-state index contributed by atoms with van der Waals surface area (Å²) in [5.74, 6) is 0. The highest BCUT2D eigenvalue weighted by atomic mass is 16.5. The molecule has 2 fully saturated rings. The summed E-state index contributed by atoms with van der Waals surface area (Å²) in [6, 6.07) is 1.42. The van der Waals surface area contributed by atoms with Gasteiger partial charge < -0.3 is 14.8 Å². The molecule has 1 heterocycles. The molecular formula is C17H34N2O2. The van der Waals surface area contributed by atoms with Crippen molar-refractivity contribution in [2.45, 2.75) is 58.0 Å². The van der Waals surface area contributed by atoms with Gasteiger partial charge in [0.15, 0.2) is 0 Å². The molecule has 1 saturated heterocycles. The molecule has 1 unspecified atom stereocenters. The minimum absolute atomic E-state index is 0.387. The predicted octanol–water partition coefficient (Wildman–Crippen LogP) is 2.28. The topological polar surface area (TPSA) is 33.7 Å². The van der Waals surface area contributed by atoms with E-state index in [1.807, 2.05) is 0 Å². The Labute approximate surface area is 130 Å². The summed E-state index contributed by atoms with van der Waals surface area (Å²) in [5.41, 5.74) is 0.387. The van der Waals surface area contributed by atoms with Gasteiger partial charge in [0.2, 0.25) is 0 Å². The van der Waals surface area contributed by atoms with Gasteiger partial charge in [-0.25, -0.2) is 0 Å². The van der Waals surface area contributed by atoms with Crippen LogP contribution in [0, 0.1) is 5.41 Å². The molecule has 0 amide bonds. The molecule has 4 heteroatoms. The van der Waals surface area contributed by atoms with E-state index in [1.54, 1.807) is 7.11 Å². The van der Waals surface area contributed by atoms with E-state index in [1.165, 1.54) is 38.6 Å². The summed E-state index contributed by atoms with van der Waals surface area (Å²) in [5, 5.41) is 3.77. The molecule has 2 aliphatic rings. The maximum atomic E-state index is 5.63. The normalized spacial score (nSPS) is 23.4. The lowest BCUT2D eigenvalue weighted by Crippen LogP contribution is -2.50. The van der Waals surface area contributed by atoms with Crippen LogP contribution < -0.4 is 5.32 Å². The Morgan fingerprint density at radius 3 is 2.62 bits per heavy atom. The summed E-state index contributed by atoms with van der Waals surface area (Å²) in [7, 11) is 1.80. The average molecular weight is 298 g/mol. The van der Waals surface area contributed by atoms with E-state index in [2.05, 4.69) is 24.1 Å². The Morgan fingerprint density at radius 1 is 1.33 bits per heavy atom. The van der Waals surface area contributed by atoms with Crippen molar-refractivity contribution in [3.05, 3.63) is 0 Å². The molecule has 0 bridgehead atoms. The van der Waals surface area contributed by atoms with Crippen LogP contribution >= 0.6 is 0 Å². The van der Waals surface area contributed by atoms with E-state index < -0.39 is 0 Å². The lowest BCUT2D eigenvalue weighted by Gasteiger charge is -2.43. The zero-order valence-corrected chi connectivity index (χ0v) is 14.2. The molecule has 124 valence electrons. The highest BCUT2D eigenvalue weighted by Crippen LogP contribution is 2.33. The van der Waals surface area contributed by atoms with Gasteiger partial charge in [-0.1, -0.05) is 6.92 Å². The predicted molar refractivity (Wildman–Crippen MR) is 86.7 cm³/mol. The maximum Gasteiger partial charge on any atom is 0.0589 e. The Balaban J connectivity index is 1.95. The minimum atomic E-state index is 0.387. The van der Waals surface area contributed by atoms with Crippen molar-refractivity contribution < 1.29 is 9.47 Å². The van der Waals surface area contributed by atoms with Crippen molar-refractivity contribution in [1.29, 1.82) is 0 Å². The molecule has 4 nitrogen and oxygen atoms in total. The van der Waals surface area contributed by atoms with Crippen LogP contribution in [-0.2, 0) is 9.47 Å². The third-order valence-electron chi connectivity index (χ3n) is 5.23. The molecule has 21 heavy (non-hydrogen) atoms. The van der Waals surface area contributed by atoms with Crippen LogP contribution in [0.2, 0.25) is 0 Å². The van der Waals surface area contributed by atoms with Gasteiger partial charge in [-0.15, -0.1) is 0 Å². The Bertz CT molecular complexity index is 289. The van der Waals surface area contributed by atoms with Crippen LogP contribution in [0.25, 0.3) is 0 Å². The average Bonchev–Trinajstić information content (AvgIpc) is 3.34. The number of ether oxygens (including phenoxy) is 2. The summed E-state index contributed by atoms with van der Waals surface area (Å²) in [6.07, 6.45) is 6.31. The van der Waals surface area contributed by atoms with Gasteiger partial charge >= 0.3 is 0 Å². The second kappa shape index (κ2) is 8.47. The summed E-state index contributed by atoms with van der Waals surface area (Å²) < 4.78 is 10.9. The summed E-state index contributed by atoms with van der Waals surface area (Å²) in [4.78, 5) is 2.63. The van der Waals surface area contributed by atoms with Gasteiger partial charge in [-0.05, 0) is 44.4 Å². The van der Waals surface area contributed by atoms with Crippen molar-refractivity contribution in [2.75, 3.05) is 46.6 Å².